The van der Waals surface area contributed by atoms with Crippen LogP contribution in [0.1, 0.15) is 23.7 Å². The highest BCUT2D eigenvalue weighted by atomic mass is 16.5. The minimum atomic E-state index is -0.282. The quantitative estimate of drug-likeness (QED) is 0.250. The number of nitrogens with zero attached hydrogens (tertiary/aromatic N) is 1. The number of pyridine rings is 1. The minimum absolute atomic E-state index is 0.282. The molecule has 0 unspecified atom stereocenters. The SMILES string of the molecule is CCCOC(=O)c1ccc2c3cccc4c3c([n+](C)c2c1)-c1ccccc1O4. The zero-order valence-electron chi connectivity index (χ0n) is 15.9. The van der Waals surface area contributed by atoms with Crippen molar-refractivity contribution in [3.63, 3.8) is 0 Å². The maximum absolute atomic E-state index is 12.4. The number of aromatic nitrogens is 1. The molecule has 5 rings (SSSR count). The van der Waals surface area contributed by atoms with E-state index in [-0.39, 0.29) is 5.97 Å². The van der Waals surface area contributed by atoms with E-state index in [0.717, 1.165) is 50.9 Å². The molecule has 0 fully saturated rings. The van der Waals surface area contributed by atoms with Gasteiger partial charge in [-0.15, -0.1) is 0 Å². The van der Waals surface area contributed by atoms with E-state index in [1.807, 2.05) is 62.5 Å². The molecule has 0 aliphatic carbocycles. The van der Waals surface area contributed by atoms with E-state index in [1.54, 1.807) is 0 Å². The monoisotopic (exact) mass is 370 g/mol. The van der Waals surface area contributed by atoms with Crippen molar-refractivity contribution in [2.75, 3.05) is 6.61 Å². The average Bonchev–Trinajstić information content (AvgIpc) is 2.74. The first-order valence-electron chi connectivity index (χ1n) is 9.52. The smallest absolute Gasteiger partial charge is 0.338 e. The number of hydrogen-bond donors (Lipinski definition) is 0. The number of esters is 1. The van der Waals surface area contributed by atoms with Crippen LogP contribution >= 0.6 is 0 Å². The molecular formula is C24H20NO3+. The molecule has 0 amide bonds. The Morgan fingerprint density at radius 1 is 1.00 bits per heavy atom. The van der Waals surface area contributed by atoms with E-state index in [1.165, 1.54) is 0 Å². The fourth-order valence-corrected chi connectivity index (χ4v) is 4.00. The maximum atomic E-state index is 12.4. The summed E-state index contributed by atoms with van der Waals surface area (Å²) in [4.78, 5) is 12.4. The number of para-hydroxylation sites is 1. The van der Waals surface area contributed by atoms with Crippen LogP contribution in [0, 0.1) is 0 Å². The van der Waals surface area contributed by atoms with Crippen molar-refractivity contribution >= 4 is 27.6 Å². The number of carbonyl (C=O) groups excluding carboxylic acids is 1. The fourth-order valence-electron chi connectivity index (χ4n) is 4.00. The summed E-state index contributed by atoms with van der Waals surface area (Å²) in [5.41, 5.74) is 3.70. The van der Waals surface area contributed by atoms with Crippen molar-refractivity contribution < 1.29 is 18.8 Å². The summed E-state index contributed by atoms with van der Waals surface area (Å²) in [6.45, 7) is 2.42. The zero-order chi connectivity index (χ0) is 19.3. The van der Waals surface area contributed by atoms with Gasteiger partial charge >= 0.3 is 5.97 Å². The highest BCUT2D eigenvalue weighted by Gasteiger charge is 2.30. The van der Waals surface area contributed by atoms with Crippen molar-refractivity contribution in [2.45, 2.75) is 13.3 Å². The molecule has 4 nitrogen and oxygen atoms in total. The molecule has 1 aliphatic heterocycles. The Morgan fingerprint density at radius 3 is 2.68 bits per heavy atom. The summed E-state index contributed by atoms with van der Waals surface area (Å²) >= 11 is 0. The number of hydrogen-bond acceptors (Lipinski definition) is 3. The standard InChI is InChI=1S/C24H20NO3/c1-3-13-27-24(26)15-11-12-16-17-8-6-10-21-22(17)23(25(2)19(16)14-15)18-7-4-5-9-20(18)28-21/h4-12,14H,3,13H2,1-2H3/q+1. The lowest BCUT2D eigenvalue weighted by atomic mass is 9.95. The van der Waals surface area contributed by atoms with Crippen molar-refractivity contribution in [1.29, 1.82) is 0 Å². The Bertz CT molecular complexity index is 1260. The first-order valence-corrected chi connectivity index (χ1v) is 9.52. The first kappa shape index (κ1) is 16.8. The van der Waals surface area contributed by atoms with E-state index in [0.29, 0.717) is 12.2 Å². The number of fused-ring (bicyclic) bond motifs is 4. The van der Waals surface area contributed by atoms with Crippen LogP contribution in [0.15, 0.2) is 60.7 Å². The molecule has 28 heavy (non-hydrogen) atoms. The number of benzene rings is 3. The normalized spacial score (nSPS) is 11.9. The molecule has 0 atom stereocenters. The first-order chi connectivity index (χ1) is 13.7. The number of carbonyl (C=O) groups is 1. The molecule has 4 heteroatoms. The average molecular weight is 370 g/mol. The topological polar surface area (TPSA) is 39.4 Å². The van der Waals surface area contributed by atoms with Gasteiger partial charge in [0.2, 0.25) is 11.2 Å². The second-order valence-electron chi connectivity index (χ2n) is 7.05. The van der Waals surface area contributed by atoms with Crippen LogP contribution in [-0.4, -0.2) is 12.6 Å². The Morgan fingerprint density at radius 2 is 1.82 bits per heavy atom. The van der Waals surface area contributed by atoms with Crippen LogP contribution in [0.2, 0.25) is 0 Å². The predicted molar refractivity (Wildman–Crippen MR) is 109 cm³/mol. The number of aryl methyl sites for hydroxylation is 1. The molecule has 0 bridgehead atoms. The van der Waals surface area contributed by atoms with Gasteiger partial charge in [-0.3, -0.25) is 0 Å². The molecule has 0 saturated carbocycles. The van der Waals surface area contributed by atoms with Gasteiger partial charge in [-0.05, 0) is 36.8 Å². The van der Waals surface area contributed by atoms with Crippen molar-refractivity contribution in [2.24, 2.45) is 7.05 Å². The highest BCUT2D eigenvalue weighted by molar-refractivity contribution is 6.13. The molecule has 0 saturated heterocycles. The molecule has 0 radical (unpaired) electrons. The molecule has 138 valence electrons. The predicted octanol–water partition coefficient (Wildman–Crippen LogP) is 5.16. The van der Waals surface area contributed by atoms with Crippen LogP contribution in [0.25, 0.3) is 32.9 Å². The highest BCUT2D eigenvalue weighted by Crippen LogP contribution is 2.46. The third-order valence-corrected chi connectivity index (χ3v) is 5.28. The van der Waals surface area contributed by atoms with Crippen LogP contribution < -0.4 is 9.30 Å². The Hall–Kier alpha value is -3.40. The van der Waals surface area contributed by atoms with Crippen LogP contribution in [0.4, 0.5) is 0 Å². The fraction of sp³-hybridized carbons (Fsp3) is 0.167. The van der Waals surface area contributed by atoms with Gasteiger partial charge in [0.25, 0.3) is 0 Å². The van der Waals surface area contributed by atoms with Crippen molar-refractivity contribution in [1.82, 2.24) is 0 Å². The molecular weight excluding hydrogens is 350 g/mol. The third-order valence-electron chi connectivity index (χ3n) is 5.28. The van der Waals surface area contributed by atoms with E-state index in [9.17, 15) is 4.79 Å². The molecule has 4 aromatic rings. The lowest BCUT2D eigenvalue weighted by molar-refractivity contribution is -0.632. The van der Waals surface area contributed by atoms with Gasteiger partial charge in [0.1, 0.15) is 18.5 Å². The molecule has 3 aromatic carbocycles. The van der Waals surface area contributed by atoms with Gasteiger partial charge in [-0.2, -0.15) is 4.57 Å². The van der Waals surface area contributed by atoms with Gasteiger partial charge in [-0.1, -0.05) is 31.2 Å². The number of ether oxygens (including phenoxy) is 2. The van der Waals surface area contributed by atoms with Gasteiger partial charge < -0.3 is 9.47 Å². The largest absolute Gasteiger partial charge is 0.462 e. The molecule has 1 aliphatic rings. The second kappa shape index (κ2) is 6.34. The maximum Gasteiger partial charge on any atom is 0.338 e. The lowest BCUT2D eigenvalue weighted by Gasteiger charge is -2.20. The van der Waals surface area contributed by atoms with E-state index >= 15 is 0 Å². The summed E-state index contributed by atoms with van der Waals surface area (Å²) in [5, 5.41) is 3.29. The summed E-state index contributed by atoms with van der Waals surface area (Å²) in [5.74, 6) is 1.42. The summed E-state index contributed by atoms with van der Waals surface area (Å²) in [6.07, 6.45) is 0.807. The lowest BCUT2D eigenvalue weighted by Crippen LogP contribution is -2.33. The Kier molecular flexibility index (Phi) is 3.79. The summed E-state index contributed by atoms with van der Waals surface area (Å²) in [6, 6.07) is 19.9. The van der Waals surface area contributed by atoms with Crippen LogP contribution in [-0.2, 0) is 11.8 Å². The van der Waals surface area contributed by atoms with E-state index in [4.69, 9.17) is 9.47 Å². The van der Waals surface area contributed by atoms with E-state index < -0.39 is 0 Å². The minimum Gasteiger partial charge on any atom is -0.462 e. The second-order valence-corrected chi connectivity index (χ2v) is 7.05. The van der Waals surface area contributed by atoms with Gasteiger partial charge in [0, 0.05) is 11.5 Å². The summed E-state index contributed by atoms with van der Waals surface area (Å²) < 4.78 is 13.7. The van der Waals surface area contributed by atoms with Gasteiger partial charge in [0.15, 0.2) is 0 Å². The van der Waals surface area contributed by atoms with Crippen LogP contribution in [0.3, 0.4) is 0 Å². The molecule has 0 spiro atoms. The molecule has 1 aromatic heterocycles. The van der Waals surface area contributed by atoms with E-state index in [2.05, 4.69) is 16.7 Å². The van der Waals surface area contributed by atoms with Gasteiger partial charge in [-0.25, -0.2) is 4.79 Å². The Labute approximate surface area is 162 Å². The molecule has 0 N–H and O–H groups in total. The molecule has 2 heterocycles. The Balaban J connectivity index is 1.84. The van der Waals surface area contributed by atoms with Crippen LogP contribution in [0.5, 0.6) is 11.5 Å². The summed E-state index contributed by atoms with van der Waals surface area (Å²) in [7, 11) is 2.04. The third kappa shape index (κ3) is 2.38. The number of rotatable bonds is 3. The zero-order valence-corrected chi connectivity index (χ0v) is 15.9. The van der Waals surface area contributed by atoms with Crippen molar-refractivity contribution in [3.8, 4) is 22.8 Å². The van der Waals surface area contributed by atoms with Gasteiger partial charge in [0.05, 0.1) is 28.5 Å². The van der Waals surface area contributed by atoms with Crippen molar-refractivity contribution in [3.05, 3.63) is 66.2 Å².